The summed E-state index contributed by atoms with van der Waals surface area (Å²) in [7, 11) is 0. The Morgan fingerprint density at radius 2 is 1.81 bits per heavy atom. The standard InChI is InChI=1S/C27H26N8O/c1-17-13-21(26-30-18(2)14-24(32-26)31-25-15-19(3)33-34-25)7-10-23(17)27(36)28-16-20-5-8-22(9-6-20)35-12-4-11-29-35/h4-15H,16H2,1-3H3,(H,28,36)(H2,30,31,32,33,34). The van der Waals surface area contributed by atoms with Gasteiger partial charge in [-0.1, -0.05) is 18.2 Å². The fourth-order valence-corrected chi connectivity index (χ4v) is 3.90. The van der Waals surface area contributed by atoms with Gasteiger partial charge in [0, 0.05) is 53.6 Å². The third-order valence-corrected chi connectivity index (χ3v) is 5.70. The minimum atomic E-state index is -0.128. The van der Waals surface area contributed by atoms with Gasteiger partial charge in [-0.3, -0.25) is 9.89 Å². The van der Waals surface area contributed by atoms with Crippen molar-refractivity contribution in [3.8, 4) is 17.1 Å². The summed E-state index contributed by atoms with van der Waals surface area (Å²) in [4.78, 5) is 22.1. The van der Waals surface area contributed by atoms with Gasteiger partial charge in [0.2, 0.25) is 0 Å². The van der Waals surface area contributed by atoms with Crippen molar-refractivity contribution >= 4 is 17.5 Å². The first-order valence-electron chi connectivity index (χ1n) is 11.6. The SMILES string of the molecule is Cc1cc(Nc2cc(C)[nH]n2)nc(-c2ccc(C(=O)NCc3ccc(-n4cccn4)cc3)c(C)c2)n1. The first-order chi connectivity index (χ1) is 17.4. The normalized spacial score (nSPS) is 10.9. The molecule has 1 amide bonds. The molecule has 0 fully saturated rings. The molecule has 2 aromatic carbocycles. The monoisotopic (exact) mass is 478 g/mol. The fraction of sp³-hybridized carbons (Fsp3) is 0.148. The minimum absolute atomic E-state index is 0.128. The second-order valence-corrected chi connectivity index (χ2v) is 8.61. The van der Waals surface area contributed by atoms with E-state index in [0.29, 0.717) is 29.6 Å². The molecule has 3 heterocycles. The molecule has 0 aliphatic heterocycles. The summed E-state index contributed by atoms with van der Waals surface area (Å²) in [5, 5.41) is 17.5. The van der Waals surface area contributed by atoms with Crippen molar-refractivity contribution in [2.24, 2.45) is 0 Å². The maximum atomic E-state index is 12.9. The third-order valence-electron chi connectivity index (χ3n) is 5.70. The zero-order valence-electron chi connectivity index (χ0n) is 20.3. The maximum absolute atomic E-state index is 12.9. The van der Waals surface area contributed by atoms with Crippen LogP contribution in [0.5, 0.6) is 0 Å². The Bertz CT molecular complexity index is 1500. The number of amides is 1. The molecular formula is C27H26N8O. The first-order valence-corrected chi connectivity index (χ1v) is 11.6. The summed E-state index contributed by atoms with van der Waals surface area (Å²) >= 11 is 0. The van der Waals surface area contributed by atoms with E-state index in [9.17, 15) is 4.79 Å². The van der Waals surface area contributed by atoms with Gasteiger partial charge in [-0.05, 0) is 62.2 Å². The Morgan fingerprint density at radius 3 is 2.50 bits per heavy atom. The molecule has 3 aromatic heterocycles. The lowest BCUT2D eigenvalue weighted by molar-refractivity contribution is 0.0950. The molecule has 0 saturated heterocycles. The van der Waals surface area contributed by atoms with Crippen LogP contribution in [0.4, 0.5) is 11.6 Å². The van der Waals surface area contributed by atoms with E-state index in [4.69, 9.17) is 0 Å². The van der Waals surface area contributed by atoms with Crippen LogP contribution in [0.25, 0.3) is 17.1 Å². The molecule has 0 unspecified atom stereocenters. The van der Waals surface area contributed by atoms with Crippen LogP contribution in [0.2, 0.25) is 0 Å². The minimum Gasteiger partial charge on any atom is -0.348 e. The largest absolute Gasteiger partial charge is 0.348 e. The number of hydrogen-bond acceptors (Lipinski definition) is 6. The molecule has 9 nitrogen and oxygen atoms in total. The summed E-state index contributed by atoms with van der Waals surface area (Å²) in [6.07, 6.45) is 3.63. The molecule has 0 aliphatic carbocycles. The maximum Gasteiger partial charge on any atom is 0.251 e. The zero-order valence-corrected chi connectivity index (χ0v) is 20.3. The molecule has 36 heavy (non-hydrogen) atoms. The van der Waals surface area contributed by atoms with Crippen molar-refractivity contribution in [2.75, 3.05) is 5.32 Å². The quantitative estimate of drug-likeness (QED) is 0.314. The Hall–Kier alpha value is -4.79. The number of benzene rings is 2. The molecule has 180 valence electrons. The van der Waals surface area contributed by atoms with Crippen LogP contribution < -0.4 is 10.6 Å². The van der Waals surface area contributed by atoms with Crippen molar-refractivity contribution in [3.05, 3.63) is 101 Å². The van der Waals surface area contributed by atoms with Gasteiger partial charge in [-0.25, -0.2) is 14.6 Å². The van der Waals surface area contributed by atoms with E-state index >= 15 is 0 Å². The number of nitrogens with zero attached hydrogens (tertiary/aromatic N) is 5. The molecule has 9 heteroatoms. The summed E-state index contributed by atoms with van der Waals surface area (Å²) in [5.41, 5.74) is 6.06. The highest BCUT2D eigenvalue weighted by Crippen LogP contribution is 2.23. The van der Waals surface area contributed by atoms with Crippen LogP contribution in [-0.4, -0.2) is 35.9 Å². The number of aromatic amines is 1. The van der Waals surface area contributed by atoms with Gasteiger partial charge in [-0.2, -0.15) is 10.2 Å². The average molecular weight is 479 g/mol. The van der Waals surface area contributed by atoms with E-state index in [1.807, 2.05) is 87.6 Å². The highest BCUT2D eigenvalue weighted by Gasteiger charge is 2.13. The number of anilines is 2. The molecule has 0 aliphatic rings. The third kappa shape index (κ3) is 5.15. The molecule has 5 rings (SSSR count). The van der Waals surface area contributed by atoms with Gasteiger partial charge in [-0.15, -0.1) is 0 Å². The van der Waals surface area contributed by atoms with Crippen LogP contribution in [0.15, 0.2) is 73.1 Å². The van der Waals surface area contributed by atoms with Gasteiger partial charge < -0.3 is 10.6 Å². The van der Waals surface area contributed by atoms with Crippen LogP contribution >= 0.6 is 0 Å². The van der Waals surface area contributed by atoms with E-state index in [2.05, 4.69) is 35.9 Å². The number of aromatic nitrogens is 6. The lowest BCUT2D eigenvalue weighted by atomic mass is 10.0. The Morgan fingerprint density at radius 1 is 0.972 bits per heavy atom. The van der Waals surface area contributed by atoms with Crippen molar-refractivity contribution in [1.82, 2.24) is 35.3 Å². The molecule has 0 spiro atoms. The molecule has 3 N–H and O–H groups in total. The number of carbonyl (C=O) groups excluding carboxylic acids is 1. The lowest BCUT2D eigenvalue weighted by Crippen LogP contribution is -2.23. The summed E-state index contributed by atoms with van der Waals surface area (Å²) in [5.74, 6) is 1.80. The highest BCUT2D eigenvalue weighted by atomic mass is 16.1. The van der Waals surface area contributed by atoms with Gasteiger partial charge in [0.05, 0.1) is 5.69 Å². The number of rotatable bonds is 7. The molecule has 0 radical (unpaired) electrons. The lowest BCUT2D eigenvalue weighted by Gasteiger charge is -2.11. The zero-order chi connectivity index (χ0) is 25.1. The van der Waals surface area contributed by atoms with Gasteiger partial charge in [0.25, 0.3) is 5.91 Å². The average Bonchev–Trinajstić information content (AvgIpc) is 3.54. The van der Waals surface area contributed by atoms with Crippen LogP contribution in [0, 0.1) is 20.8 Å². The molecule has 0 atom stereocenters. The predicted molar refractivity (Wildman–Crippen MR) is 138 cm³/mol. The molecule has 0 bridgehead atoms. The fourth-order valence-electron chi connectivity index (χ4n) is 3.90. The second-order valence-electron chi connectivity index (χ2n) is 8.61. The highest BCUT2D eigenvalue weighted by molar-refractivity contribution is 5.96. The van der Waals surface area contributed by atoms with Gasteiger partial charge in [0.15, 0.2) is 11.6 Å². The number of H-pyrrole nitrogens is 1. The van der Waals surface area contributed by atoms with Crippen LogP contribution in [-0.2, 0) is 6.54 Å². The van der Waals surface area contributed by atoms with E-state index in [1.54, 1.807) is 10.9 Å². The molecule has 5 aromatic rings. The first kappa shape index (κ1) is 23.0. The van der Waals surface area contributed by atoms with E-state index in [1.165, 1.54) is 0 Å². The van der Waals surface area contributed by atoms with Crippen molar-refractivity contribution in [3.63, 3.8) is 0 Å². The Labute approximate surface area is 208 Å². The summed E-state index contributed by atoms with van der Waals surface area (Å²) < 4.78 is 1.79. The van der Waals surface area contributed by atoms with Crippen molar-refractivity contribution in [2.45, 2.75) is 27.3 Å². The van der Waals surface area contributed by atoms with Gasteiger partial charge in [0.1, 0.15) is 5.82 Å². The number of hydrogen-bond donors (Lipinski definition) is 3. The van der Waals surface area contributed by atoms with E-state index < -0.39 is 0 Å². The topological polar surface area (TPSA) is 113 Å². The summed E-state index contributed by atoms with van der Waals surface area (Å²) in [6.45, 7) is 6.21. The number of nitrogens with one attached hydrogen (secondary N) is 3. The van der Waals surface area contributed by atoms with Crippen molar-refractivity contribution < 1.29 is 4.79 Å². The second kappa shape index (κ2) is 9.83. The smallest absolute Gasteiger partial charge is 0.251 e. The van der Waals surface area contributed by atoms with E-state index in [0.717, 1.165) is 33.8 Å². The van der Waals surface area contributed by atoms with Crippen LogP contribution in [0.1, 0.15) is 32.9 Å². The number of aryl methyl sites for hydroxylation is 3. The molecular weight excluding hydrogens is 452 g/mol. The van der Waals surface area contributed by atoms with Gasteiger partial charge >= 0.3 is 0 Å². The van der Waals surface area contributed by atoms with Crippen LogP contribution in [0.3, 0.4) is 0 Å². The Kier molecular flexibility index (Phi) is 6.27. The van der Waals surface area contributed by atoms with Crippen molar-refractivity contribution in [1.29, 1.82) is 0 Å². The Balaban J connectivity index is 1.27. The number of carbonyl (C=O) groups is 1. The van der Waals surface area contributed by atoms with E-state index in [-0.39, 0.29) is 5.91 Å². The molecule has 0 saturated carbocycles. The summed E-state index contributed by atoms with van der Waals surface area (Å²) in [6, 6.07) is 19.2. The predicted octanol–water partition coefficient (Wildman–Crippen LogP) is 4.65.